The molecule has 0 aromatic heterocycles. The van der Waals surface area contributed by atoms with Crippen LogP contribution in [0.5, 0.6) is 0 Å². The lowest BCUT2D eigenvalue weighted by atomic mass is 10.3. The lowest BCUT2D eigenvalue weighted by Gasteiger charge is -2.32. The normalized spacial score (nSPS) is 21.8. The van der Waals surface area contributed by atoms with Crippen molar-refractivity contribution >= 4 is 16.0 Å². The molecule has 0 aliphatic carbocycles. The van der Waals surface area contributed by atoms with Gasteiger partial charge in [-0.2, -0.15) is 4.31 Å². The molecule has 1 atom stereocenters. The molecule has 0 aromatic carbocycles. The molecule has 1 saturated heterocycles. The monoisotopic (exact) mass is 281 g/mol. The Bertz CT molecular complexity index is 369. The van der Waals surface area contributed by atoms with E-state index in [1.54, 1.807) is 6.92 Å². The predicted octanol–water partition coefficient (Wildman–Crippen LogP) is -0.773. The van der Waals surface area contributed by atoms with Gasteiger partial charge in [-0.1, -0.05) is 0 Å². The third-order valence-electron chi connectivity index (χ3n) is 2.60. The summed E-state index contributed by atoms with van der Waals surface area (Å²) in [6.45, 7) is 2.83. The Labute approximate surface area is 107 Å². The molecule has 0 aromatic rings. The minimum absolute atomic E-state index is 0.0283. The van der Waals surface area contributed by atoms with Gasteiger partial charge in [0.2, 0.25) is 10.0 Å². The van der Waals surface area contributed by atoms with Crippen molar-refractivity contribution in [2.24, 2.45) is 0 Å². The fourth-order valence-corrected chi connectivity index (χ4v) is 3.12. The third-order valence-corrected chi connectivity index (χ3v) is 4.43. The number of hydrogen-bond acceptors (Lipinski definition) is 6. The van der Waals surface area contributed by atoms with Crippen LogP contribution >= 0.6 is 0 Å². The fourth-order valence-electron chi connectivity index (χ4n) is 1.67. The van der Waals surface area contributed by atoms with Crippen molar-refractivity contribution in [2.45, 2.75) is 13.0 Å². The maximum Gasteiger partial charge on any atom is 0.326 e. The van der Waals surface area contributed by atoms with Gasteiger partial charge in [-0.05, 0) is 6.92 Å². The maximum atomic E-state index is 12.1. The quantitative estimate of drug-likeness (QED) is 0.469. The number of esters is 1. The highest BCUT2D eigenvalue weighted by molar-refractivity contribution is 7.89. The molecule has 1 aliphatic heterocycles. The van der Waals surface area contributed by atoms with Crippen LogP contribution in [0.25, 0.3) is 0 Å². The minimum Gasteiger partial charge on any atom is -0.468 e. The molecular formula is C10H19NO6S. The van der Waals surface area contributed by atoms with Gasteiger partial charge in [-0.3, -0.25) is 4.79 Å². The van der Waals surface area contributed by atoms with Crippen molar-refractivity contribution in [3.8, 4) is 0 Å². The van der Waals surface area contributed by atoms with E-state index in [1.807, 2.05) is 0 Å². The van der Waals surface area contributed by atoms with E-state index in [9.17, 15) is 13.2 Å². The first-order chi connectivity index (χ1) is 8.53. The average molecular weight is 281 g/mol. The Hall–Kier alpha value is -0.700. The minimum atomic E-state index is -3.53. The fraction of sp³-hybridized carbons (Fsp3) is 0.900. The SMILES string of the molecule is CCOCCS(=O)(=O)N1CCOCC1C(=O)OC. The standard InChI is InChI=1S/C10H19NO6S/c1-3-16-6-7-18(13,14)11-4-5-17-8-9(11)10(12)15-2/h9H,3-8H2,1-2H3. The lowest BCUT2D eigenvalue weighted by molar-refractivity contribution is -0.149. The van der Waals surface area contributed by atoms with Gasteiger partial charge < -0.3 is 14.2 Å². The summed E-state index contributed by atoms with van der Waals surface area (Å²) >= 11 is 0. The molecule has 7 nitrogen and oxygen atoms in total. The van der Waals surface area contributed by atoms with Crippen molar-refractivity contribution < 1.29 is 27.4 Å². The zero-order valence-corrected chi connectivity index (χ0v) is 11.4. The number of sulfonamides is 1. The van der Waals surface area contributed by atoms with Crippen LogP contribution in [0.1, 0.15) is 6.92 Å². The molecule has 0 N–H and O–H groups in total. The van der Waals surface area contributed by atoms with Gasteiger partial charge in [0.05, 0.1) is 32.7 Å². The molecule has 18 heavy (non-hydrogen) atoms. The maximum absolute atomic E-state index is 12.1. The van der Waals surface area contributed by atoms with Crippen molar-refractivity contribution in [2.75, 3.05) is 45.8 Å². The van der Waals surface area contributed by atoms with E-state index in [-0.39, 0.29) is 32.1 Å². The molecule has 0 radical (unpaired) electrons. The van der Waals surface area contributed by atoms with Crippen molar-refractivity contribution in [1.82, 2.24) is 4.31 Å². The van der Waals surface area contributed by atoms with Crippen LogP contribution in [0.15, 0.2) is 0 Å². The van der Waals surface area contributed by atoms with E-state index in [2.05, 4.69) is 4.74 Å². The van der Waals surface area contributed by atoms with Gasteiger partial charge in [0, 0.05) is 13.2 Å². The molecular weight excluding hydrogens is 262 g/mol. The highest BCUT2D eigenvalue weighted by Crippen LogP contribution is 2.14. The van der Waals surface area contributed by atoms with Crippen LogP contribution in [0, 0.1) is 0 Å². The second-order valence-electron chi connectivity index (χ2n) is 3.74. The molecule has 1 heterocycles. The van der Waals surface area contributed by atoms with Crippen LogP contribution in [0.2, 0.25) is 0 Å². The number of methoxy groups -OCH3 is 1. The van der Waals surface area contributed by atoms with E-state index < -0.39 is 22.0 Å². The van der Waals surface area contributed by atoms with E-state index in [4.69, 9.17) is 9.47 Å². The molecule has 0 spiro atoms. The molecule has 1 fully saturated rings. The van der Waals surface area contributed by atoms with Crippen molar-refractivity contribution in [1.29, 1.82) is 0 Å². The van der Waals surface area contributed by atoms with Crippen molar-refractivity contribution in [3.63, 3.8) is 0 Å². The first kappa shape index (κ1) is 15.4. The summed E-state index contributed by atoms with van der Waals surface area (Å²) in [6, 6.07) is -0.893. The number of rotatable bonds is 6. The van der Waals surface area contributed by atoms with Crippen LogP contribution in [-0.4, -0.2) is 70.6 Å². The van der Waals surface area contributed by atoms with Crippen molar-refractivity contribution in [3.05, 3.63) is 0 Å². The largest absolute Gasteiger partial charge is 0.468 e. The summed E-state index contributed by atoms with van der Waals surface area (Å²) in [5, 5.41) is 0. The number of nitrogens with zero attached hydrogens (tertiary/aromatic N) is 1. The van der Waals surface area contributed by atoms with Crippen LogP contribution in [-0.2, 0) is 29.0 Å². The van der Waals surface area contributed by atoms with Gasteiger partial charge in [-0.25, -0.2) is 8.42 Å². The van der Waals surface area contributed by atoms with Gasteiger partial charge in [0.15, 0.2) is 0 Å². The summed E-state index contributed by atoms with van der Waals surface area (Å²) in [5.74, 6) is -0.747. The van der Waals surface area contributed by atoms with E-state index in [0.29, 0.717) is 6.61 Å². The van der Waals surface area contributed by atoms with Gasteiger partial charge in [0.25, 0.3) is 0 Å². The summed E-state index contributed by atoms with van der Waals surface area (Å²) in [6.07, 6.45) is 0. The third kappa shape index (κ3) is 3.91. The molecule has 8 heteroatoms. The van der Waals surface area contributed by atoms with E-state index in [0.717, 1.165) is 4.31 Å². The van der Waals surface area contributed by atoms with Gasteiger partial charge >= 0.3 is 5.97 Å². The highest BCUT2D eigenvalue weighted by Gasteiger charge is 2.37. The molecule has 0 saturated carbocycles. The van der Waals surface area contributed by atoms with E-state index >= 15 is 0 Å². The first-order valence-electron chi connectivity index (χ1n) is 5.75. The highest BCUT2D eigenvalue weighted by atomic mass is 32.2. The van der Waals surface area contributed by atoms with Crippen LogP contribution in [0.4, 0.5) is 0 Å². The predicted molar refractivity (Wildman–Crippen MR) is 63.6 cm³/mol. The molecule has 0 bridgehead atoms. The van der Waals surface area contributed by atoms with Crippen LogP contribution in [0.3, 0.4) is 0 Å². The van der Waals surface area contributed by atoms with E-state index in [1.165, 1.54) is 7.11 Å². The number of hydrogen-bond donors (Lipinski definition) is 0. The Morgan fingerprint density at radius 3 is 2.83 bits per heavy atom. The van der Waals surface area contributed by atoms with Gasteiger partial charge in [0.1, 0.15) is 6.04 Å². The molecule has 0 amide bonds. The molecule has 1 unspecified atom stereocenters. The number of carbonyl (C=O) groups excluding carboxylic acids is 1. The first-order valence-corrected chi connectivity index (χ1v) is 7.36. The summed E-state index contributed by atoms with van der Waals surface area (Å²) in [4.78, 5) is 11.5. The number of carbonyl (C=O) groups is 1. The summed E-state index contributed by atoms with van der Waals surface area (Å²) in [5.41, 5.74) is 0. The summed E-state index contributed by atoms with van der Waals surface area (Å²) < 4.78 is 40.0. The molecule has 106 valence electrons. The average Bonchev–Trinajstić information content (AvgIpc) is 2.38. The topological polar surface area (TPSA) is 82.1 Å². The van der Waals surface area contributed by atoms with Gasteiger partial charge in [-0.15, -0.1) is 0 Å². The second-order valence-corrected chi connectivity index (χ2v) is 5.78. The molecule has 1 aliphatic rings. The zero-order valence-electron chi connectivity index (χ0n) is 10.6. The summed E-state index contributed by atoms with van der Waals surface area (Å²) in [7, 11) is -2.31. The molecule has 1 rings (SSSR count). The lowest BCUT2D eigenvalue weighted by Crippen LogP contribution is -2.53. The van der Waals surface area contributed by atoms with Crippen LogP contribution < -0.4 is 0 Å². The Balaban J connectivity index is 2.73. The second kappa shape index (κ2) is 7.03. The zero-order chi connectivity index (χ0) is 13.6. The Morgan fingerprint density at radius 1 is 1.50 bits per heavy atom. The Morgan fingerprint density at radius 2 is 2.22 bits per heavy atom. The smallest absolute Gasteiger partial charge is 0.326 e. The number of morpholine rings is 1. The Kier molecular flexibility index (Phi) is 6.00. The number of ether oxygens (including phenoxy) is 3.